The van der Waals surface area contributed by atoms with Gasteiger partial charge in [-0.15, -0.1) is 0 Å². The highest BCUT2D eigenvalue weighted by Crippen LogP contribution is 2.30. The normalized spacial score (nSPS) is 11.3. The molecular weight excluding hydrogens is 412 g/mol. The van der Waals surface area contributed by atoms with Gasteiger partial charge in [0.1, 0.15) is 18.4 Å². The van der Waals surface area contributed by atoms with Crippen molar-refractivity contribution in [2.75, 3.05) is 0 Å². The Morgan fingerprint density at radius 2 is 1.87 bits per heavy atom. The fourth-order valence-corrected chi connectivity index (χ4v) is 3.66. The molecule has 0 fully saturated rings. The van der Waals surface area contributed by atoms with Gasteiger partial charge in [-0.25, -0.2) is 4.98 Å². The van der Waals surface area contributed by atoms with Gasteiger partial charge >= 0.3 is 0 Å². The SMILES string of the molecule is N#C/C(=C/c1ccccc1OCc1ccc([N+](=O)[O-])cc1)Sc1nc2ccccc2[nH]1. The number of nitro groups is 1. The molecule has 7 nitrogen and oxygen atoms in total. The molecule has 0 saturated carbocycles. The number of para-hydroxylation sites is 3. The fraction of sp³-hybridized carbons (Fsp3) is 0.0435. The zero-order valence-corrected chi connectivity index (χ0v) is 17.0. The monoisotopic (exact) mass is 428 g/mol. The lowest BCUT2D eigenvalue weighted by atomic mass is 10.2. The standard InChI is InChI=1S/C23H16N4O3S/c24-14-19(31-23-25-20-6-2-3-7-21(20)26-23)13-17-5-1-4-8-22(17)30-15-16-9-11-18(12-10-16)27(28)29/h1-13H,15H2,(H,25,26)/b19-13-. The molecule has 4 rings (SSSR count). The summed E-state index contributed by atoms with van der Waals surface area (Å²) in [6, 6.07) is 23.5. The smallest absolute Gasteiger partial charge is 0.269 e. The molecule has 1 aromatic heterocycles. The van der Waals surface area contributed by atoms with Gasteiger partial charge in [0, 0.05) is 17.7 Å². The third-order valence-electron chi connectivity index (χ3n) is 4.43. The van der Waals surface area contributed by atoms with Gasteiger partial charge < -0.3 is 9.72 Å². The molecule has 1 heterocycles. The molecule has 3 aromatic carbocycles. The number of nitriles is 1. The Kier molecular flexibility index (Phi) is 5.96. The fourth-order valence-electron chi connectivity index (χ4n) is 2.91. The van der Waals surface area contributed by atoms with E-state index < -0.39 is 4.92 Å². The van der Waals surface area contributed by atoms with Crippen molar-refractivity contribution in [1.29, 1.82) is 5.26 Å². The molecule has 0 spiro atoms. The van der Waals surface area contributed by atoms with Gasteiger partial charge in [-0.1, -0.05) is 30.3 Å². The number of aromatic amines is 1. The van der Waals surface area contributed by atoms with Crippen LogP contribution in [0.3, 0.4) is 0 Å². The van der Waals surface area contributed by atoms with Crippen LogP contribution in [-0.2, 0) is 6.61 Å². The highest BCUT2D eigenvalue weighted by Gasteiger charge is 2.09. The minimum absolute atomic E-state index is 0.0355. The average molecular weight is 428 g/mol. The highest BCUT2D eigenvalue weighted by molar-refractivity contribution is 8.03. The number of nitro benzene ring substituents is 1. The second-order valence-corrected chi connectivity index (χ2v) is 7.56. The topological polar surface area (TPSA) is 105 Å². The Labute approximate surface area is 182 Å². The first kappa shape index (κ1) is 20.2. The molecule has 4 aromatic rings. The number of fused-ring (bicyclic) bond motifs is 1. The number of aromatic nitrogens is 2. The van der Waals surface area contributed by atoms with E-state index in [1.54, 1.807) is 18.2 Å². The summed E-state index contributed by atoms with van der Waals surface area (Å²) in [6.45, 7) is 0.251. The van der Waals surface area contributed by atoms with Gasteiger partial charge in [0.05, 0.1) is 20.9 Å². The molecule has 0 radical (unpaired) electrons. The summed E-state index contributed by atoms with van der Waals surface area (Å²) in [5.41, 5.74) is 3.35. The maximum Gasteiger partial charge on any atom is 0.269 e. The number of hydrogen-bond donors (Lipinski definition) is 1. The lowest BCUT2D eigenvalue weighted by Crippen LogP contribution is -1.97. The van der Waals surface area contributed by atoms with Crippen LogP contribution in [0.1, 0.15) is 11.1 Å². The van der Waals surface area contributed by atoms with E-state index in [4.69, 9.17) is 4.74 Å². The van der Waals surface area contributed by atoms with Crippen molar-refractivity contribution in [2.24, 2.45) is 0 Å². The Balaban J connectivity index is 1.51. The van der Waals surface area contributed by atoms with Crippen LogP contribution in [0, 0.1) is 21.4 Å². The van der Waals surface area contributed by atoms with E-state index in [1.807, 2.05) is 48.5 Å². The minimum Gasteiger partial charge on any atom is -0.488 e. The first-order valence-corrected chi connectivity index (χ1v) is 10.1. The van der Waals surface area contributed by atoms with E-state index in [2.05, 4.69) is 16.0 Å². The molecule has 0 aliphatic carbocycles. The predicted octanol–water partition coefficient (Wildman–Crippen LogP) is 5.71. The Morgan fingerprint density at radius 1 is 1.13 bits per heavy atom. The van der Waals surface area contributed by atoms with Crippen molar-refractivity contribution in [3.05, 3.63) is 98.9 Å². The highest BCUT2D eigenvalue weighted by atomic mass is 32.2. The van der Waals surface area contributed by atoms with E-state index in [9.17, 15) is 15.4 Å². The van der Waals surface area contributed by atoms with Gasteiger partial charge in [-0.05, 0) is 53.7 Å². The van der Waals surface area contributed by atoms with Gasteiger partial charge in [0.25, 0.3) is 5.69 Å². The zero-order valence-electron chi connectivity index (χ0n) is 16.2. The minimum atomic E-state index is -0.437. The summed E-state index contributed by atoms with van der Waals surface area (Å²) >= 11 is 1.25. The Bertz CT molecular complexity index is 1270. The van der Waals surface area contributed by atoms with Gasteiger partial charge in [0.2, 0.25) is 0 Å². The van der Waals surface area contributed by atoms with Crippen LogP contribution < -0.4 is 4.74 Å². The van der Waals surface area contributed by atoms with Gasteiger partial charge in [-0.3, -0.25) is 10.1 Å². The molecule has 1 N–H and O–H groups in total. The van der Waals surface area contributed by atoms with E-state index >= 15 is 0 Å². The number of nitrogens with zero attached hydrogens (tertiary/aromatic N) is 3. The quantitative estimate of drug-likeness (QED) is 0.175. The van der Waals surface area contributed by atoms with E-state index in [0.29, 0.717) is 15.8 Å². The van der Waals surface area contributed by atoms with Crippen molar-refractivity contribution in [3.8, 4) is 11.8 Å². The molecule has 0 atom stereocenters. The molecule has 0 amide bonds. The maximum atomic E-state index is 10.8. The average Bonchev–Trinajstić information content (AvgIpc) is 3.20. The largest absolute Gasteiger partial charge is 0.488 e. The molecule has 0 bridgehead atoms. The predicted molar refractivity (Wildman–Crippen MR) is 119 cm³/mol. The number of thioether (sulfide) groups is 1. The first-order chi connectivity index (χ1) is 15.1. The van der Waals surface area contributed by atoms with Gasteiger partial charge in [-0.2, -0.15) is 5.26 Å². The second-order valence-electron chi connectivity index (χ2n) is 6.53. The number of benzene rings is 3. The lowest BCUT2D eigenvalue weighted by molar-refractivity contribution is -0.384. The number of nitrogens with one attached hydrogen (secondary N) is 1. The molecule has 0 saturated heterocycles. The van der Waals surface area contributed by atoms with Gasteiger partial charge in [0.15, 0.2) is 5.16 Å². The van der Waals surface area contributed by atoms with Crippen molar-refractivity contribution >= 4 is 34.6 Å². The third-order valence-corrected chi connectivity index (χ3v) is 5.25. The second kappa shape index (κ2) is 9.15. The number of H-pyrrole nitrogens is 1. The van der Waals surface area contributed by atoms with Crippen LogP contribution in [0.15, 0.2) is 82.9 Å². The summed E-state index contributed by atoms with van der Waals surface area (Å²) in [7, 11) is 0. The summed E-state index contributed by atoms with van der Waals surface area (Å²) in [6.07, 6.45) is 1.75. The van der Waals surface area contributed by atoms with Crippen LogP contribution in [0.2, 0.25) is 0 Å². The number of imidazole rings is 1. The van der Waals surface area contributed by atoms with Crippen LogP contribution in [0.5, 0.6) is 5.75 Å². The van der Waals surface area contributed by atoms with Crippen LogP contribution in [0.4, 0.5) is 5.69 Å². The third kappa shape index (κ3) is 4.91. The van der Waals surface area contributed by atoms with Crippen LogP contribution >= 0.6 is 11.8 Å². The molecule has 0 aliphatic rings. The first-order valence-electron chi connectivity index (χ1n) is 9.32. The van der Waals surface area contributed by atoms with E-state index in [1.165, 1.54) is 23.9 Å². The Morgan fingerprint density at radius 3 is 2.61 bits per heavy atom. The molecular formula is C23H16N4O3S. The number of non-ortho nitro benzene ring substituents is 1. The zero-order chi connectivity index (χ0) is 21.6. The maximum absolute atomic E-state index is 10.8. The van der Waals surface area contributed by atoms with Crippen molar-refractivity contribution < 1.29 is 9.66 Å². The number of ether oxygens (including phenoxy) is 1. The Hall–Kier alpha value is -4.09. The number of rotatable bonds is 7. The van der Waals surface area contributed by atoms with Crippen molar-refractivity contribution in [1.82, 2.24) is 9.97 Å². The van der Waals surface area contributed by atoms with Crippen LogP contribution in [0.25, 0.3) is 17.1 Å². The van der Waals surface area contributed by atoms with E-state index in [-0.39, 0.29) is 12.3 Å². The van der Waals surface area contributed by atoms with Crippen molar-refractivity contribution in [2.45, 2.75) is 11.8 Å². The lowest BCUT2D eigenvalue weighted by Gasteiger charge is -2.09. The molecule has 8 heteroatoms. The summed E-state index contributed by atoms with van der Waals surface area (Å²) < 4.78 is 5.91. The summed E-state index contributed by atoms with van der Waals surface area (Å²) in [5, 5.41) is 21.0. The number of allylic oxidation sites excluding steroid dienone is 1. The molecule has 0 aliphatic heterocycles. The number of hydrogen-bond acceptors (Lipinski definition) is 6. The van der Waals surface area contributed by atoms with Crippen LogP contribution in [-0.4, -0.2) is 14.9 Å². The summed E-state index contributed by atoms with van der Waals surface area (Å²) in [4.78, 5) is 18.5. The molecule has 0 unspecified atom stereocenters. The molecule has 152 valence electrons. The molecule has 31 heavy (non-hydrogen) atoms. The van der Waals surface area contributed by atoms with E-state index in [0.717, 1.165) is 22.2 Å². The summed E-state index contributed by atoms with van der Waals surface area (Å²) in [5.74, 6) is 0.610. The van der Waals surface area contributed by atoms with Crippen molar-refractivity contribution in [3.63, 3.8) is 0 Å².